The zero-order valence-electron chi connectivity index (χ0n) is 18.6. The van der Waals surface area contributed by atoms with Gasteiger partial charge in [0.2, 0.25) is 5.82 Å². The van der Waals surface area contributed by atoms with Gasteiger partial charge in [-0.05, 0) is 57.6 Å². The van der Waals surface area contributed by atoms with Gasteiger partial charge in [-0.2, -0.15) is 18.3 Å². The first-order valence-electron chi connectivity index (χ1n) is 10.9. The molecule has 0 unspecified atom stereocenters. The van der Waals surface area contributed by atoms with Crippen molar-refractivity contribution in [2.75, 3.05) is 5.32 Å². The van der Waals surface area contributed by atoms with Crippen molar-refractivity contribution < 1.29 is 23.1 Å². The van der Waals surface area contributed by atoms with E-state index in [2.05, 4.69) is 22.2 Å². The highest BCUT2D eigenvalue weighted by Crippen LogP contribution is 2.35. The van der Waals surface area contributed by atoms with Crippen LogP contribution in [-0.2, 0) is 11.8 Å². The molecule has 1 fully saturated rings. The number of nitrogens with one attached hydrogen (secondary N) is 1. The fraction of sp³-hybridized carbons (Fsp3) is 0.478. The molecule has 10 heteroatoms. The molecule has 3 aromatic rings. The Kier molecular flexibility index (Phi) is 5.90. The Labute approximate surface area is 189 Å². The van der Waals surface area contributed by atoms with E-state index >= 15 is 0 Å². The Morgan fingerprint density at radius 1 is 1.12 bits per heavy atom. The minimum Gasteiger partial charge on any atom is -0.386 e. The van der Waals surface area contributed by atoms with Crippen LogP contribution in [0.1, 0.15) is 74.2 Å². The number of fused-ring (bicyclic) bond motifs is 1. The first-order chi connectivity index (χ1) is 15.4. The number of carbonyl (C=O) groups is 1. The average molecular weight is 461 g/mol. The van der Waals surface area contributed by atoms with E-state index in [0.717, 1.165) is 43.5 Å². The molecule has 0 aliphatic heterocycles. The molecule has 176 valence electrons. The van der Waals surface area contributed by atoms with Gasteiger partial charge in [0, 0.05) is 35.2 Å². The van der Waals surface area contributed by atoms with Crippen molar-refractivity contribution in [2.45, 2.75) is 64.3 Å². The first kappa shape index (κ1) is 23.2. The van der Waals surface area contributed by atoms with Crippen molar-refractivity contribution in [1.29, 1.82) is 0 Å². The highest BCUT2D eigenvalue weighted by Gasteiger charge is 2.34. The minimum absolute atomic E-state index is 0.128. The fourth-order valence-corrected chi connectivity index (χ4v) is 4.18. The molecule has 1 amide bonds. The molecule has 0 bridgehead atoms. The Morgan fingerprint density at radius 3 is 2.33 bits per heavy atom. The van der Waals surface area contributed by atoms with Crippen LogP contribution >= 0.6 is 0 Å². The van der Waals surface area contributed by atoms with Gasteiger partial charge in [0.1, 0.15) is 0 Å². The van der Waals surface area contributed by atoms with Crippen LogP contribution in [0, 0.1) is 5.92 Å². The van der Waals surface area contributed by atoms with Crippen molar-refractivity contribution in [1.82, 2.24) is 19.7 Å². The average Bonchev–Trinajstić information content (AvgIpc) is 3.15. The summed E-state index contributed by atoms with van der Waals surface area (Å²) in [6.45, 7) is 5.43. The number of amides is 1. The summed E-state index contributed by atoms with van der Waals surface area (Å²) in [5, 5.41) is 18.9. The number of carbonyl (C=O) groups excluding carboxylic acids is 1. The van der Waals surface area contributed by atoms with Gasteiger partial charge < -0.3 is 10.4 Å². The Bertz CT molecular complexity index is 1160. The third-order valence-electron chi connectivity index (χ3n) is 6.10. The number of nitrogens with zero attached hydrogens (tertiary/aromatic N) is 4. The highest BCUT2D eigenvalue weighted by molar-refractivity contribution is 6.05. The van der Waals surface area contributed by atoms with E-state index in [1.165, 1.54) is 0 Å². The maximum absolute atomic E-state index is 12.7. The van der Waals surface area contributed by atoms with Crippen LogP contribution < -0.4 is 5.32 Å². The van der Waals surface area contributed by atoms with Crippen LogP contribution in [0.15, 0.2) is 30.7 Å². The van der Waals surface area contributed by atoms with Crippen LogP contribution in [0.3, 0.4) is 0 Å². The summed E-state index contributed by atoms with van der Waals surface area (Å²) in [5.74, 6) is -1.28. The predicted octanol–water partition coefficient (Wildman–Crippen LogP) is 5.08. The molecule has 7 nitrogen and oxygen atoms in total. The molecule has 0 spiro atoms. The standard InChI is InChI=1S/C23H26F3N5O2/c1-13-4-6-16(7-5-13)31-12-14-8-19(17(22(2,3)33)9-18(14)30-31)29-20(32)15-10-27-21(28-11-15)23(24,25)26/h8-13,16,33H,4-7H2,1-3H3,(H,29,32). The van der Waals surface area contributed by atoms with Gasteiger partial charge >= 0.3 is 6.18 Å². The number of hydrogen-bond donors (Lipinski definition) is 2. The summed E-state index contributed by atoms with van der Waals surface area (Å²) < 4.78 is 40.0. The second-order valence-corrected chi connectivity index (χ2v) is 9.29. The Balaban J connectivity index is 1.64. The molecular weight excluding hydrogens is 435 g/mol. The van der Waals surface area contributed by atoms with E-state index in [1.54, 1.807) is 26.0 Å². The molecule has 0 saturated heterocycles. The van der Waals surface area contributed by atoms with Crippen LogP contribution in [0.4, 0.5) is 18.9 Å². The van der Waals surface area contributed by atoms with E-state index < -0.39 is 23.5 Å². The maximum atomic E-state index is 12.7. The summed E-state index contributed by atoms with van der Waals surface area (Å²) in [7, 11) is 0. The van der Waals surface area contributed by atoms with Crippen molar-refractivity contribution in [2.24, 2.45) is 5.92 Å². The predicted molar refractivity (Wildman–Crippen MR) is 117 cm³/mol. The number of anilines is 1. The van der Waals surface area contributed by atoms with Gasteiger partial charge in [0.05, 0.1) is 22.7 Å². The van der Waals surface area contributed by atoms with E-state index in [-0.39, 0.29) is 5.56 Å². The number of rotatable bonds is 4. The first-order valence-corrected chi connectivity index (χ1v) is 10.9. The summed E-state index contributed by atoms with van der Waals surface area (Å²) in [6, 6.07) is 3.76. The Hall–Kier alpha value is -3.01. The summed E-state index contributed by atoms with van der Waals surface area (Å²) >= 11 is 0. The van der Waals surface area contributed by atoms with E-state index in [9.17, 15) is 23.1 Å². The van der Waals surface area contributed by atoms with E-state index in [1.807, 2.05) is 10.9 Å². The Morgan fingerprint density at radius 2 is 1.76 bits per heavy atom. The minimum atomic E-state index is -4.69. The molecule has 2 N–H and O–H groups in total. The molecule has 1 aromatic carbocycles. The number of aliphatic hydroxyl groups is 1. The normalized spacial score (nSPS) is 19.6. The van der Waals surface area contributed by atoms with Crippen LogP contribution in [-0.4, -0.2) is 30.8 Å². The topological polar surface area (TPSA) is 92.9 Å². The molecule has 4 rings (SSSR count). The van der Waals surface area contributed by atoms with Crippen molar-refractivity contribution in [3.8, 4) is 0 Å². The van der Waals surface area contributed by atoms with Gasteiger partial charge in [-0.3, -0.25) is 9.48 Å². The molecule has 1 saturated carbocycles. The van der Waals surface area contributed by atoms with E-state index in [0.29, 0.717) is 28.7 Å². The van der Waals surface area contributed by atoms with Gasteiger partial charge in [0.15, 0.2) is 0 Å². The fourth-order valence-electron chi connectivity index (χ4n) is 4.18. The highest BCUT2D eigenvalue weighted by atomic mass is 19.4. The van der Waals surface area contributed by atoms with Gasteiger partial charge in [-0.25, -0.2) is 9.97 Å². The molecule has 1 aliphatic rings. The smallest absolute Gasteiger partial charge is 0.386 e. The zero-order chi connectivity index (χ0) is 24.0. The maximum Gasteiger partial charge on any atom is 0.451 e. The molecular formula is C23H26F3N5O2. The zero-order valence-corrected chi connectivity index (χ0v) is 18.6. The lowest BCUT2D eigenvalue weighted by molar-refractivity contribution is -0.145. The summed E-state index contributed by atoms with van der Waals surface area (Å²) in [5.41, 5.74) is 0.0613. The van der Waals surface area contributed by atoms with Crippen LogP contribution in [0.2, 0.25) is 0 Å². The number of alkyl halides is 3. The second-order valence-electron chi connectivity index (χ2n) is 9.29. The SMILES string of the molecule is CC1CCC(n2cc3cc(NC(=O)c4cnc(C(F)(F)F)nc4)c(C(C)(C)O)cc3n2)CC1. The number of aromatic nitrogens is 4. The molecule has 2 aromatic heterocycles. The van der Waals surface area contributed by atoms with Crippen molar-refractivity contribution in [3.63, 3.8) is 0 Å². The van der Waals surface area contributed by atoms with Crippen LogP contribution in [0.25, 0.3) is 10.9 Å². The number of benzene rings is 1. The van der Waals surface area contributed by atoms with Crippen LogP contribution in [0.5, 0.6) is 0 Å². The number of halogens is 3. The summed E-state index contributed by atoms with van der Waals surface area (Å²) in [4.78, 5) is 19.2. The van der Waals surface area contributed by atoms with Gasteiger partial charge in [0.25, 0.3) is 5.91 Å². The van der Waals surface area contributed by atoms with E-state index in [4.69, 9.17) is 5.10 Å². The van der Waals surface area contributed by atoms with Crippen molar-refractivity contribution in [3.05, 3.63) is 47.7 Å². The quantitative estimate of drug-likeness (QED) is 0.566. The molecule has 0 radical (unpaired) electrons. The van der Waals surface area contributed by atoms with Crippen molar-refractivity contribution >= 4 is 22.5 Å². The molecule has 33 heavy (non-hydrogen) atoms. The lowest BCUT2D eigenvalue weighted by Crippen LogP contribution is -2.21. The largest absolute Gasteiger partial charge is 0.451 e. The second kappa shape index (κ2) is 8.40. The molecule has 0 atom stereocenters. The number of hydrogen-bond acceptors (Lipinski definition) is 5. The molecule has 2 heterocycles. The third-order valence-corrected chi connectivity index (χ3v) is 6.10. The lowest BCUT2D eigenvalue weighted by Gasteiger charge is -2.26. The monoisotopic (exact) mass is 461 g/mol. The summed E-state index contributed by atoms with van der Waals surface area (Å²) in [6.07, 6.45) is 3.28. The molecule has 1 aliphatic carbocycles. The van der Waals surface area contributed by atoms with Gasteiger partial charge in [-0.1, -0.05) is 6.92 Å². The lowest BCUT2D eigenvalue weighted by atomic mass is 9.87. The third kappa shape index (κ3) is 5.00. The van der Waals surface area contributed by atoms with Gasteiger partial charge in [-0.15, -0.1) is 0 Å².